The van der Waals surface area contributed by atoms with Crippen LogP contribution in [0.15, 0.2) is 22.7 Å². The molecule has 1 atom stereocenters. The summed E-state index contributed by atoms with van der Waals surface area (Å²) in [6, 6.07) is 5.25. The predicted octanol–water partition coefficient (Wildman–Crippen LogP) is 2.26. The quantitative estimate of drug-likeness (QED) is 0.904. The van der Waals surface area contributed by atoms with Gasteiger partial charge in [0.1, 0.15) is 17.4 Å². The van der Waals surface area contributed by atoms with E-state index in [1.165, 1.54) is 7.11 Å². The Balaban J connectivity index is 2.09. The fourth-order valence-corrected chi connectivity index (χ4v) is 2.65. The second-order valence-electron chi connectivity index (χ2n) is 5.66. The number of rotatable bonds is 5. The zero-order valence-electron chi connectivity index (χ0n) is 13.9. The number of ether oxygens (including phenoxy) is 2. The van der Waals surface area contributed by atoms with E-state index in [1.54, 1.807) is 37.1 Å². The molecule has 1 aromatic carbocycles. The molecule has 1 N–H and O–H groups in total. The molecule has 1 amide bonds. The van der Waals surface area contributed by atoms with Gasteiger partial charge in [0.25, 0.3) is 5.91 Å². The number of hydrogen-bond acceptors (Lipinski definition) is 6. The summed E-state index contributed by atoms with van der Waals surface area (Å²) in [5, 5.41) is 13.9. The van der Waals surface area contributed by atoms with E-state index in [4.69, 9.17) is 14.0 Å². The number of benzene rings is 1. The van der Waals surface area contributed by atoms with Gasteiger partial charge in [0.15, 0.2) is 17.3 Å². The van der Waals surface area contributed by atoms with Crippen LogP contribution in [0.1, 0.15) is 35.6 Å². The predicted molar refractivity (Wildman–Crippen MR) is 86.2 cm³/mol. The molecular weight excluding hydrogens is 312 g/mol. The van der Waals surface area contributed by atoms with Crippen LogP contribution in [0, 0.1) is 0 Å². The Hall–Kier alpha value is -2.54. The smallest absolute Gasteiger partial charge is 0.259 e. The first-order valence-electron chi connectivity index (χ1n) is 7.76. The third-order valence-corrected chi connectivity index (χ3v) is 4.11. The van der Waals surface area contributed by atoms with Gasteiger partial charge in [-0.3, -0.25) is 4.79 Å². The highest BCUT2D eigenvalue weighted by Crippen LogP contribution is 2.36. The summed E-state index contributed by atoms with van der Waals surface area (Å²) in [5.41, 5.74) is 1.35. The molecule has 1 fully saturated rings. The first-order chi connectivity index (χ1) is 11.6. The maximum Gasteiger partial charge on any atom is 0.259 e. The van der Waals surface area contributed by atoms with E-state index in [2.05, 4.69) is 5.16 Å². The Morgan fingerprint density at radius 3 is 2.54 bits per heavy atom. The number of amides is 1. The van der Waals surface area contributed by atoms with Gasteiger partial charge >= 0.3 is 0 Å². The van der Waals surface area contributed by atoms with Crippen LogP contribution < -0.4 is 9.47 Å². The first-order valence-corrected chi connectivity index (χ1v) is 7.76. The number of methoxy groups -OCH3 is 2. The topological polar surface area (TPSA) is 85.0 Å². The molecule has 2 heterocycles. The molecule has 0 unspecified atom stereocenters. The van der Waals surface area contributed by atoms with E-state index in [0.717, 1.165) is 6.42 Å². The van der Waals surface area contributed by atoms with Crippen LogP contribution in [-0.2, 0) is 0 Å². The normalized spacial score (nSPS) is 14.9. The molecule has 24 heavy (non-hydrogen) atoms. The Morgan fingerprint density at radius 2 is 2.00 bits per heavy atom. The lowest BCUT2D eigenvalue weighted by molar-refractivity contribution is 0.0641. The summed E-state index contributed by atoms with van der Waals surface area (Å²) < 4.78 is 15.8. The van der Waals surface area contributed by atoms with E-state index in [9.17, 15) is 9.90 Å². The van der Waals surface area contributed by atoms with Gasteiger partial charge in [0.05, 0.1) is 14.2 Å². The van der Waals surface area contributed by atoms with Gasteiger partial charge in [-0.15, -0.1) is 0 Å². The zero-order valence-corrected chi connectivity index (χ0v) is 13.9. The lowest BCUT2D eigenvalue weighted by Gasteiger charge is -2.31. The molecule has 7 nitrogen and oxygen atoms in total. The van der Waals surface area contributed by atoms with Crippen LogP contribution in [0.3, 0.4) is 0 Å². The van der Waals surface area contributed by atoms with E-state index in [-0.39, 0.29) is 11.7 Å². The number of aliphatic hydroxyl groups excluding tert-OH is 1. The van der Waals surface area contributed by atoms with Crippen molar-refractivity contribution in [1.29, 1.82) is 0 Å². The summed E-state index contributed by atoms with van der Waals surface area (Å²) in [7, 11) is 3.09. The zero-order chi connectivity index (χ0) is 17.3. The maximum absolute atomic E-state index is 12.7. The molecule has 2 aromatic rings. The molecule has 0 aliphatic carbocycles. The minimum atomic E-state index is -0.924. The molecule has 0 spiro atoms. The number of aliphatic hydroxyl groups is 1. The number of likely N-dealkylation sites (tertiary alicyclic amines) is 1. The summed E-state index contributed by atoms with van der Waals surface area (Å²) in [6.07, 6.45) is 0.0545. The lowest BCUT2D eigenvalue weighted by Crippen LogP contribution is -2.42. The molecule has 0 bridgehead atoms. The fraction of sp³-hybridized carbons (Fsp3) is 0.412. The second-order valence-corrected chi connectivity index (χ2v) is 5.66. The van der Waals surface area contributed by atoms with Crippen LogP contribution in [-0.4, -0.2) is 48.4 Å². The SMILES string of the molecule is COc1ccc(-c2noc([C@H](C)O)c2C(=O)N2CCC2)cc1OC. The number of hydrogen-bond donors (Lipinski definition) is 1. The molecule has 7 heteroatoms. The van der Waals surface area contributed by atoms with Crippen molar-refractivity contribution >= 4 is 5.91 Å². The van der Waals surface area contributed by atoms with Crippen molar-refractivity contribution in [3.05, 3.63) is 29.5 Å². The van der Waals surface area contributed by atoms with Gasteiger partial charge in [-0.05, 0) is 31.5 Å². The minimum Gasteiger partial charge on any atom is -0.493 e. The van der Waals surface area contributed by atoms with Gasteiger partial charge in [-0.2, -0.15) is 0 Å². The van der Waals surface area contributed by atoms with Gasteiger partial charge < -0.3 is 24.0 Å². The Kier molecular flexibility index (Phi) is 4.44. The second kappa shape index (κ2) is 6.52. The van der Waals surface area contributed by atoms with Gasteiger partial charge in [0, 0.05) is 18.7 Å². The van der Waals surface area contributed by atoms with Crippen molar-refractivity contribution in [3.63, 3.8) is 0 Å². The number of carbonyl (C=O) groups is 1. The molecule has 0 saturated carbocycles. The molecule has 1 aliphatic heterocycles. The van der Waals surface area contributed by atoms with Crippen LogP contribution >= 0.6 is 0 Å². The van der Waals surface area contributed by atoms with Crippen molar-refractivity contribution in [2.24, 2.45) is 0 Å². The number of carbonyl (C=O) groups excluding carboxylic acids is 1. The Bertz CT molecular complexity index is 749. The van der Waals surface area contributed by atoms with Crippen LogP contribution in [0.4, 0.5) is 0 Å². The van der Waals surface area contributed by atoms with Gasteiger partial charge in [0.2, 0.25) is 0 Å². The summed E-state index contributed by atoms with van der Waals surface area (Å²) in [4.78, 5) is 14.5. The largest absolute Gasteiger partial charge is 0.493 e. The minimum absolute atomic E-state index is 0.177. The summed E-state index contributed by atoms with van der Waals surface area (Å²) >= 11 is 0. The molecule has 1 aliphatic rings. The number of aromatic nitrogens is 1. The van der Waals surface area contributed by atoms with Crippen molar-refractivity contribution in [2.75, 3.05) is 27.3 Å². The lowest BCUT2D eigenvalue weighted by atomic mass is 10.0. The number of nitrogens with zero attached hydrogens (tertiary/aromatic N) is 2. The molecule has 3 rings (SSSR count). The average Bonchev–Trinajstić information content (AvgIpc) is 2.97. The summed E-state index contributed by atoms with van der Waals surface area (Å²) in [6.45, 7) is 2.95. The Morgan fingerprint density at radius 1 is 1.29 bits per heavy atom. The molecule has 1 saturated heterocycles. The van der Waals surface area contributed by atoms with E-state index in [1.807, 2.05) is 0 Å². The highest BCUT2D eigenvalue weighted by atomic mass is 16.5. The first kappa shape index (κ1) is 16.3. The van der Waals surface area contributed by atoms with Gasteiger partial charge in [-0.25, -0.2) is 0 Å². The highest BCUT2D eigenvalue weighted by Gasteiger charge is 2.32. The standard InChI is InChI=1S/C17H20N2O5/c1-10(20)16-14(17(21)19-7-4-8-19)15(18-24-16)11-5-6-12(22-2)13(9-11)23-3/h5-6,9-10,20H,4,7-8H2,1-3H3/t10-/m0/s1. The molecule has 1 aromatic heterocycles. The van der Waals surface area contributed by atoms with Gasteiger partial charge in [-0.1, -0.05) is 5.16 Å². The van der Waals surface area contributed by atoms with Crippen molar-refractivity contribution in [1.82, 2.24) is 10.1 Å². The van der Waals surface area contributed by atoms with Crippen molar-refractivity contribution in [2.45, 2.75) is 19.4 Å². The van der Waals surface area contributed by atoms with E-state index < -0.39 is 6.10 Å². The average molecular weight is 332 g/mol. The van der Waals surface area contributed by atoms with Crippen molar-refractivity contribution in [3.8, 4) is 22.8 Å². The third-order valence-electron chi connectivity index (χ3n) is 4.11. The van der Waals surface area contributed by atoms with Crippen LogP contribution in [0.2, 0.25) is 0 Å². The van der Waals surface area contributed by atoms with Crippen molar-refractivity contribution < 1.29 is 23.9 Å². The Labute approximate surface area is 139 Å². The van der Waals surface area contributed by atoms with E-state index >= 15 is 0 Å². The third kappa shape index (κ3) is 2.71. The van der Waals surface area contributed by atoms with Crippen LogP contribution in [0.25, 0.3) is 11.3 Å². The molecule has 0 radical (unpaired) electrons. The monoisotopic (exact) mass is 332 g/mol. The fourth-order valence-electron chi connectivity index (χ4n) is 2.65. The summed E-state index contributed by atoms with van der Waals surface area (Å²) in [5.74, 6) is 1.11. The van der Waals surface area contributed by atoms with Crippen LogP contribution in [0.5, 0.6) is 11.5 Å². The maximum atomic E-state index is 12.7. The molecular formula is C17H20N2O5. The molecule has 128 valence electrons. The van der Waals surface area contributed by atoms with E-state index in [0.29, 0.717) is 41.4 Å². The highest BCUT2D eigenvalue weighted by molar-refractivity contribution is 6.01.